The summed E-state index contributed by atoms with van der Waals surface area (Å²) < 4.78 is 5.65. The topological polar surface area (TPSA) is 61.3 Å². The van der Waals surface area contributed by atoms with Crippen molar-refractivity contribution >= 4 is 22.5 Å². The van der Waals surface area contributed by atoms with E-state index in [2.05, 4.69) is 57.8 Å². The fraction of sp³-hybridized carbons (Fsp3) is 0.269. The highest BCUT2D eigenvalue weighted by atomic mass is 16.3. The number of nitrogens with zero attached hydrogens (tertiary/aromatic N) is 1. The average molecular weight is 416 g/mol. The summed E-state index contributed by atoms with van der Waals surface area (Å²) in [7, 11) is 4.06. The van der Waals surface area contributed by atoms with E-state index in [0.717, 1.165) is 28.1 Å². The number of para-hydroxylation sites is 1. The molecule has 1 unspecified atom stereocenters. The van der Waals surface area contributed by atoms with Crippen LogP contribution in [-0.2, 0) is 0 Å². The van der Waals surface area contributed by atoms with Gasteiger partial charge < -0.3 is 19.6 Å². The number of rotatable bonds is 6. The number of aryl methyl sites for hydroxylation is 2. The molecule has 4 aromatic rings. The van der Waals surface area contributed by atoms with Crippen molar-refractivity contribution in [3.63, 3.8) is 0 Å². The normalized spacial score (nSPS) is 12.2. The minimum Gasteiger partial charge on any atom is -0.466 e. The van der Waals surface area contributed by atoms with Crippen molar-refractivity contribution < 1.29 is 9.21 Å². The van der Waals surface area contributed by atoms with E-state index < -0.39 is 0 Å². The van der Waals surface area contributed by atoms with E-state index in [4.69, 9.17) is 4.42 Å². The van der Waals surface area contributed by atoms with Gasteiger partial charge in [0.05, 0.1) is 5.56 Å². The zero-order valence-electron chi connectivity index (χ0n) is 18.7. The lowest BCUT2D eigenvalue weighted by molar-refractivity contribution is 0.0950. The zero-order chi connectivity index (χ0) is 22.1. The fourth-order valence-corrected chi connectivity index (χ4v) is 4.21. The highest BCUT2D eigenvalue weighted by molar-refractivity contribution is 5.97. The highest BCUT2D eigenvalue weighted by Gasteiger charge is 2.22. The molecule has 0 fully saturated rings. The summed E-state index contributed by atoms with van der Waals surface area (Å²) >= 11 is 0. The van der Waals surface area contributed by atoms with Gasteiger partial charge in [0.1, 0.15) is 11.5 Å². The van der Waals surface area contributed by atoms with E-state index in [-0.39, 0.29) is 11.8 Å². The third-order valence-electron chi connectivity index (χ3n) is 6.06. The number of fused-ring (bicyclic) bond motifs is 1. The number of carbonyl (C=O) groups is 1. The number of nitrogens with one attached hydrogen (secondary N) is 2. The SMILES string of the molecule is Cc1oc(C)c(C(=O)NCC(c2ccc(N(C)C)cc2)c2c[nH]c3ccccc23)c1C. The van der Waals surface area contributed by atoms with Crippen LogP contribution < -0.4 is 10.2 Å². The lowest BCUT2D eigenvalue weighted by Gasteiger charge is -2.20. The number of aromatic nitrogens is 1. The van der Waals surface area contributed by atoms with Crippen molar-refractivity contribution in [3.8, 4) is 0 Å². The molecule has 2 heterocycles. The van der Waals surface area contributed by atoms with Crippen LogP contribution in [-0.4, -0.2) is 31.5 Å². The molecule has 0 aliphatic heterocycles. The van der Waals surface area contributed by atoms with Crippen LogP contribution in [0.3, 0.4) is 0 Å². The first-order valence-corrected chi connectivity index (χ1v) is 10.5. The number of H-pyrrole nitrogens is 1. The Morgan fingerprint density at radius 3 is 2.39 bits per heavy atom. The smallest absolute Gasteiger partial charge is 0.255 e. The first-order valence-electron chi connectivity index (χ1n) is 10.5. The number of hydrogen-bond donors (Lipinski definition) is 2. The zero-order valence-corrected chi connectivity index (χ0v) is 18.7. The van der Waals surface area contributed by atoms with Gasteiger partial charge in [0.25, 0.3) is 5.91 Å². The van der Waals surface area contributed by atoms with Crippen LogP contribution in [0.5, 0.6) is 0 Å². The Morgan fingerprint density at radius 1 is 1.03 bits per heavy atom. The Balaban J connectivity index is 1.68. The maximum Gasteiger partial charge on any atom is 0.255 e. The molecule has 4 rings (SSSR count). The molecular formula is C26H29N3O2. The van der Waals surface area contributed by atoms with Gasteiger partial charge in [0.2, 0.25) is 0 Å². The molecule has 0 spiro atoms. The van der Waals surface area contributed by atoms with Crippen molar-refractivity contribution in [1.82, 2.24) is 10.3 Å². The van der Waals surface area contributed by atoms with Crippen LogP contribution in [0.25, 0.3) is 10.9 Å². The van der Waals surface area contributed by atoms with Crippen LogP contribution in [0.2, 0.25) is 0 Å². The van der Waals surface area contributed by atoms with Gasteiger partial charge in [-0.05, 0) is 50.1 Å². The molecule has 0 aliphatic rings. The number of carbonyl (C=O) groups excluding carboxylic acids is 1. The van der Waals surface area contributed by atoms with Crippen molar-refractivity contribution in [3.05, 3.63) is 88.5 Å². The average Bonchev–Trinajstić information content (AvgIpc) is 3.29. The van der Waals surface area contributed by atoms with Crippen molar-refractivity contribution in [2.75, 3.05) is 25.5 Å². The molecule has 2 N–H and O–H groups in total. The molecule has 2 aromatic carbocycles. The first-order chi connectivity index (χ1) is 14.9. The molecule has 160 valence electrons. The minimum atomic E-state index is -0.0957. The Labute approximate surface area is 183 Å². The number of amides is 1. The van der Waals surface area contributed by atoms with E-state index >= 15 is 0 Å². The summed E-state index contributed by atoms with van der Waals surface area (Å²) in [5, 5.41) is 4.33. The van der Waals surface area contributed by atoms with Crippen molar-refractivity contribution in [2.24, 2.45) is 0 Å². The number of hydrogen-bond acceptors (Lipinski definition) is 3. The monoisotopic (exact) mass is 415 g/mol. The number of benzene rings is 2. The summed E-state index contributed by atoms with van der Waals surface area (Å²) in [5.74, 6) is 1.37. The molecule has 2 aromatic heterocycles. The van der Waals surface area contributed by atoms with Gasteiger partial charge in [0, 0.05) is 54.9 Å². The van der Waals surface area contributed by atoms with E-state index in [1.807, 2.05) is 47.0 Å². The Hall–Kier alpha value is -3.47. The van der Waals surface area contributed by atoms with Gasteiger partial charge in [-0.3, -0.25) is 4.79 Å². The van der Waals surface area contributed by atoms with Gasteiger partial charge in [0.15, 0.2) is 0 Å². The van der Waals surface area contributed by atoms with E-state index in [1.54, 1.807) is 0 Å². The van der Waals surface area contributed by atoms with E-state index in [9.17, 15) is 4.79 Å². The second-order valence-electron chi connectivity index (χ2n) is 8.25. The molecule has 31 heavy (non-hydrogen) atoms. The summed E-state index contributed by atoms with van der Waals surface area (Å²) in [5.41, 5.74) is 6.10. The van der Waals surface area contributed by atoms with E-state index in [1.165, 1.54) is 10.9 Å². The van der Waals surface area contributed by atoms with Crippen LogP contribution in [0.15, 0.2) is 59.1 Å². The molecule has 5 heteroatoms. The lowest BCUT2D eigenvalue weighted by atomic mass is 9.90. The van der Waals surface area contributed by atoms with Crippen LogP contribution in [0, 0.1) is 20.8 Å². The van der Waals surface area contributed by atoms with Crippen molar-refractivity contribution in [2.45, 2.75) is 26.7 Å². The summed E-state index contributed by atoms with van der Waals surface area (Å²) in [6.45, 7) is 6.15. The molecule has 5 nitrogen and oxygen atoms in total. The molecule has 0 aliphatic carbocycles. The summed E-state index contributed by atoms with van der Waals surface area (Å²) in [4.78, 5) is 18.5. The predicted molar refractivity (Wildman–Crippen MR) is 126 cm³/mol. The molecule has 0 radical (unpaired) electrons. The van der Waals surface area contributed by atoms with Gasteiger partial charge in [-0.15, -0.1) is 0 Å². The van der Waals surface area contributed by atoms with Gasteiger partial charge in [-0.1, -0.05) is 30.3 Å². The highest BCUT2D eigenvalue weighted by Crippen LogP contribution is 2.31. The standard InChI is InChI=1S/C26H29N3O2/c1-16-17(2)31-18(3)25(16)26(30)28-14-22(19-10-12-20(13-11-19)29(4)5)23-15-27-24-9-7-6-8-21(23)24/h6-13,15,22,27H,14H2,1-5H3,(H,28,30). The number of anilines is 1. The molecule has 0 saturated carbocycles. The molecule has 0 saturated heterocycles. The second-order valence-corrected chi connectivity index (χ2v) is 8.25. The summed E-state index contributed by atoms with van der Waals surface area (Å²) in [6, 6.07) is 16.8. The maximum atomic E-state index is 13.0. The largest absolute Gasteiger partial charge is 0.466 e. The second kappa shape index (κ2) is 8.34. The fourth-order valence-electron chi connectivity index (χ4n) is 4.21. The minimum absolute atomic E-state index is 0.0184. The third kappa shape index (κ3) is 3.96. The number of aromatic amines is 1. The van der Waals surface area contributed by atoms with Crippen LogP contribution in [0.4, 0.5) is 5.69 Å². The Kier molecular flexibility index (Phi) is 5.59. The quantitative estimate of drug-likeness (QED) is 0.448. The molecular weight excluding hydrogens is 386 g/mol. The molecule has 1 atom stereocenters. The number of furan rings is 1. The third-order valence-corrected chi connectivity index (χ3v) is 6.06. The van der Waals surface area contributed by atoms with Gasteiger partial charge in [-0.25, -0.2) is 0 Å². The van der Waals surface area contributed by atoms with Crippen molar-refractivity contribution in [1.29, 1.82) is 0 Å². The van der Waals surface area contributed by atoms with Gasteiger partial charge >= 0.3 is 0 Å². The predicted octanol–water partition coefficient (Wildman–Crippen LogP) is 5.31. The van der Waals surface area contributed by atoms with Crippen LogP contribution in [0.1, 0.15) is 44.5 Å². The lowest BCUT2D eigenvalue weighted by Crippen LogP contribution is -2.29. The van der Waals surface area contributed by atoms with Gasteiger partial charge in [-0.2, -0.15) is 0 Å². The summed E-state index contributed by atoms with van der Waals surface area (Å²) in [6.07, 6.45) is 2.06. The van der Waals surface area contributed by atoms with Crippen LogP contribution >= 0.6 is 0 Å². The first kappa shape index (κ1) is 20.8. The Morgan fingerprint density at radius 2 is 1.74 bits per heavy atom. The molecule has 0 bridgehead atoms. The molecule has 1 amide bonds. The Bertz CT molecular complexity index is 1220. The van der Waals surface area contributed by atoms with E-state index in [0.29, 0.717) is 17.9 Å². The maximum absolute atomic E-state index is 13.0.